The first-order chi connectivity index (χ1) is 14.2. The van der Waals surface area contributed by atoms with Crippen molar-refractivity contribution in [3.63, 3.8) is 0 Å². The predicted molar refractivity (Wildman–Crippen MR) is 126 cm³/mol. The Balaban J connectivity index is 2.04. The lowest BCUT2D eigenvalue weighted by molar-refractivity contribution is 0.610. The lowest BCUT2D eigenvalue weighted by Gasteiger charge is -2.17. The minimum Gasteiger partial charge on any atom is -0.230 e. The molecule has 0 amide bonds. The van der Waals surface area contributed by atoms with Crippen LogP contribution in [0.5, 0.6) is 0 Å². The normalized spacial score (nSPS) is 11.3. The zero-order valence-electron chi connectivity index (χ0n) is 15.5. The van der Waals surface area contributed by atoms with Gasteiger partial charge in [-0.25, -0.2) is 6.14 Å². The highest BCUT2D eigenvalue weighted by Gasteiger charge is 2.17. The third-order valence-electron chi connectivity index (χ3n) is 5.29. The van der Waals surface area contributed by atoms with Crippen LogP contribution in [0.25, 0.3) is 43.8 Å². The molecule has 5 rings (SSSR count). The van der Waals surface area contributed by atoms with Crippen molar-refractivity contribution in [2.75, 3.05) is 0 Å². The second kappa shape index (κ2) is 7.41. The first kappa shape index (κ1) is 18.0. The Morgan fingerprint density at radius 2 is 0.897 bits per heavy atom. The zero-order valence-corrected chi connectivity index (χ0v) is 17.7. The van der Waals surface area contributed by atoms with Gasteiger partial charge in [0.1, 0.15) is 0 Å². The first-order valence-electron chi connectivity index (χ1n) is 9.38. The molecule has 140 valence electrons. The molecule has 0 spiro atoms. The smallest absolute Gasteiger partial charge is 0.230 e. The second-order valence-corrected chi connectivity index (χ2v) is 9.42. The van der Waals surface area contributed by atoms with Gasteiger partial charge < -0.3 is 0 Å². The van der Waals surface area contributed by atoms with Crippen molar-refractivity contribution in [1.82, 2.24) is 0 Å². The standard InChI is InChI=1S/C26H17IO2/c28-27(29)20-15-16-23-24(17-20)26(19-11-5-2-6-12-19)22-14-8-7-13-21(22)25(23)18-9-3-1-4-10-18/h1-17H. The van der Waals surface area contributed by atoms with Crippen molar-refractivity contribution in [2.24, 2.45) is 0 Å². The molecule has 0 aliphatic rings. The van der Waals surface area contributed by atoms with E-state index in [1.54, 1.807) is 6.07 Å². The average molecular weight is 488 g/mol. The minimum atomic E-state index is -3.58. The Kier molecular flexibility index (Phi) is 4.60. The van der Waals surface area contributed by atoms with Crippen molar-refractivity contribution in [2.45, 2.75) is 0 Å². The average Bonchev–Trinajstić information content (AvgIpc) is 2.78. The molecule has 5 aromatic carbocycles. The van der Waals surface area contributed by atoms with Gasteiger partial charge in [0.15, 0.2) is 0 Å². The maximum Gasteiger partial charge on any atom is 0.340 e. The summed E-state index contributed by atoms with van der Waals surface area (Å²) in [7, 11) is 0. The molecule has 0 bridgehead atoms. The van der Waals surface area contributed by atoms with Crippen molar-refractivity contribution >= 4 is 41.3 Å². The van der Waals surface area contributed by atoms with Gasteiger partial charge in [-0.15, -0.1) is 0 Å². The van der Waals surface area contributed by atoms with Gasteiger partial charge >= 0.3 is 19.8 Å². The second-order valence-electron chi connectivity index (χ2n) is 6.93. The van der Waals surface area contributed by atoms with Gasteiger partial charge in [0, 0.05) is 0 Å². The monoisotopic (exact) mass is 488 g/mol. The fourth-order valence-corrected chi connectivity index (χ4v) is 5.12. The Labute approximate surface area is 176 Å². The van der Waals surface area contributed by atoms with Gasteiger partial charge in [-0.05, 0) is 55.9 Å². The van der Waals surface area contributed by atoms with Crippen molar-refractivity contribution < 1.29 is 6.14 Å². The van der Waals surface area contributed by atoms with Gasteiger partial charge in [0.05, 0.1) is 3.57 Å². The molecule has 0 saturated carbocycles. The van der Waals surface area contributed by atoms with Crippen molar-refractivity contribution in [3.8, 4) is 22.3 Å². The van der Waals surface area contributed by atoms with Crippen molar-refractivity contribution in [1.29, 1.82) is 0 Å². The van der Waals surface area contributed by atoms with Gasteiger partial charge in [-0.2, -0.15) is 0 Å². The predicted octanol–water partition coefficient (Wildman–Crippen LogP) is 7.69. The molecular weight excluding hydrogens is 471 g/mol. The third kappa shape index (κ3) is 3.12. The molecule has 2 nitrogen and oxygen atoms in total. The summed E-state index contributed by atoms with van der Waals surface area (Å²) in [6, 6.07) is 34.4. The first-order valence-corrected chi connectivity index (χ1v) is 12.2. The highest BCUT2D eigenvalue weighted by Crippen LogP contribution is 2.44. The number of hydrogen-bond donors (Lipinski definition) is 0. The SMILES string of the molecule is O=I(=O)c1ccc2c(-c3ccccc3)c3ccccc3c(-c3ccccc3)c2c1. The van der Waals surface area contributed by atoms with E-state index < -0.39 is 19.8 Å². The Hall–Kier alpha value is -3.05. The fourth-order valence-electron chi connectivity index (χ4n) is 4.08. The number of halogens is 1. The zero-order chi connectivity index (χ0) is 19.8. The van der Waals surface area contributed by atoms with E-state index in [9.17, 15) is 6.14 Å². The molecule has 0 aliphatic carbocycles. The van der Waals surface area contributed by atoms with Crippen LogP contribution in [0.15, 0.2) is 103 Å². The van der Waals surface area contributed by atoms with Gasteiger partial charge in [0.25, 0.3) is 0 Å². The molecule has 0 radical (unpaired) electrons. The number of benzene rings is 5. The molecule has 0 N–H and O–H groups in total. The van der Waals surface area contributed by atoms with E-state index >= 15 is 0 Å². The fraction of sp³-hybridized carbons (Fsp3) is 0. The number of rotatable bonds is 3. The number of fused-ring (bicyclic) bond motifs is 2. The van der Waals surface area contributed by atoms with Crippen LogP contribution in [0, 0.1) is 3.57 Å². The van der Waals surface area contributed by atoms with Crippen molar-refractivity contribution in [3.05, 3.63) is 107 Å². The van der Waals surface area contributed by atoms with Gasteiger partial charge in [-0.1, -0.05) is 91.0 Å². The van der Waals surface area contributed by atoms with Gasteiger partial charge in [0.2, 0.25) is 0 Å². The van der Waals surface area contributed by atoms with Crippen LogP contribution >= 0.6 is 19.8 Å². The summed E-state index contributed by atoms with van der Waals surface area (Å²) in [5, 5.41) is 4.33. The quantitative estimate of drug-likeness (QED) is 0.193. The molecule has 3 heteroatoms. The third-order valence-corrected chi connectivity index (χ3v) is 6.98. The van der Waals surface area contributed by atoms with Crippen LogP contribution in [0.4, 0.5) is 0 Å². The molecule has 0 fully saturated rings. The Bertz CT molecular complexity index is 1410. The lowest BCUT2D eigenvalue weighted by atomic mass is 9.86. The van der Waals surface area contributed by atoms with E-state index in [0.29, 0.717) is 3.57 Å². The maximum atomic E-state index is 11.8. The van der Waals surface area contributed by atoms with Crippen LogP contribution in [0.3, 0.4) is 0 Å². The Morgan fingerprint density at radius 3 is 1.41 bits per heavy atom. The van der Waals surface area contributed by atoms with E-state index in [4.69, 9.17) is 0 Å². The molecule has 0 aliphatic heterocycles. The summed E-state index contributed by atoms with van der Waals surface area (Å²) in [6.45, 7) is 0. The van der Waals surface area contributed by atoms with E-state index in [2.05, 4.69) is 42.5 Å². The topological polar surface area (TPSA) is 34.1 Å². The minimum absolute atomic E-state index is 0.424. The van der Waals surface area contributed by atoms with Crippen LogP contribution in [-0.4, -0.2) is 0 Å². The maximum absolute atomic E-state index is 11.8. The van der Waals surface area contributed by atoms with Crippen LogP contribution < -0.4 is 0 Å². The summed E-state index contributed by atoms with van der Waals surface area (Å²) in [5.74, 6) is 0. The van der Waals surface area contributed by atoms with E-state index in [1.165, 1.54) is 0 Å². The molecule has 0 heterocycles. The molecule has 0 atom stereocenters. The number of hydrogen-bond acceptors (Lipinski definition) is 2. The molecule has 29 heavy (non-hydrogen) atoms. The molecule has 0 unspecified atom stereocenters. The summed E-state index contributed by atoms with van der Waals surface area (Å²) < 4.78 is 24.1. The van der Waals surface area contributed by atoms with Crippen LogP contribution in [0.2, 0.25) is 0 Å². The summed E-state index contributed by atoms with van der Waals surface area (Å²) in [4.78, 5) is 0. The molecular formula is C26H17IO2. The highest BCUT2D eigenvalue weighted by atomic mass is 127. The van der Waals surface area contributed by atoms with Crippen LogP contribution in [0.1, 0.15) is 0 Å². The molecule has 5 aromatic rings. The van der Waals surface area contributed by atoms with E-state index in [0.717, 1.165) is 43.8 Å². The Morgan fingerprint density at radius 1 is 0.448 bits per heavy atom. The van der Waals surface area contributed by atoms with E-state index in [-0.39, 0.29) is 0 Å². The van der Waals surface area contributed by atoms with Gasteiger partial charge in [-0.3, -0.25) is 0 Å². The van der Waals surface area contributed by atoms with Crippen LogP contribution in [-0.2, 0) is 6.14 Å². The van der Waals surface area contributed by atoms with E-state index in [1.807, 2.05) is 54.6 Å². The summed E-state index contributed by atoms with van der Waals surface area (Å²) in [5.41, 5.74) is 4.43. The summed E-state index contributed by atoms with van der Waals surface area (Å²) in [6.07, 6.45) is 0. The largest absolute Gasteiger partial charge is 0.340 e. The highest BCUT2D eigenvalue weighted by molar-refractivity contribution is 14.2. The molecule has 0 aromatic heterocycles. The molecule has 0 saturated heterocycles. The summed E-state index contributed by atoms with van der Waals surface area (Å²) >= 11 is -3.58. The lowest BCUT2D eigenvalue weighted by Crippen LogP contribution is -1.91.